The van der Waals surface area contributed by atoms with Crippen molar-refractivity contribution in [3.8, 4) is 0 Å². The van der Waals surface area contributed by atoms with Gasteiger partial charge in [-0.25, -0.2) is 32.0 Å². The minimum atomic E-state index is -4.34. The molecule has 8 unspecified atom stereocenters. The van der Waals surface area contributed by atoms with Crippen LogP contribution in [0, 0.1) is 47.3 Å². The fourth-order valence-electron chi connectivity index (χ4n) is 5.65. The van der Waals surface area contributed by atoms with Crippen LogP contribution < -0.4 is 0 Å². The molecule has 0 aliphatic heterocycles. The van der Waals surface area contributed by atoms with E-state index >= 15 is 13.7 Å². The molecule has 0 spiro atoms. The zero-order chi connectivity index (χ0) is 70.0. The highest BCUT2D eigenvalue weighted by Gasteiger charge is 2.41. The van der Waals surface area contributed by atoms with E-state index in [0.717, 1.165) is 45.5 Å². The molecular formula is C54H115O24P7S6. The lowest BCUT2D eigenvalue weighted by atomic mass is 10.2. The van der Waals surface area contributed by atoms with Gasteiger partial charge in [-0.2, -0.15) is 0 Å². The van der Waals surface area contributed by atoms with E-state index in [1.165, 1.54) is 14.0 Å². The van der Waals surface area contributed by atoms with Gasteiger partial charge in [0.25, 0.3) is 0 Å². The first kappa shape index (κ1) is 93.6. The van der Waals surface area contributed by atoms with Crippen molar-refractivity contribution < 1.29 is 109 Å². The van der Waals surface area contributed by atoms with Crippen molar-refractivity contribution in [3.05, 3.63) is 0 Å². The van der Waals surface area contributed by atoms with Gasteiger partial charge in [-0.3, -0.25) is 45.5 Å². The molecule has 0 bridgehead atoms. The molecule has 0 aromatic carbocycles. The summed E-state index contributed by atoms with van der Waals surface area (Å²) in [4.78, 5) is 12.3. The molecule has 0 fully saturated rings. The Hall–Kier alpha value is 2.58. The van der Waals surface area contributed by atoms with Crippen LogP contribution in [0.4, 0.5) is 0 Å². The molecule has 0 rings (SSSR count). The van der Waals surface area contributed by atoms with Gasteiger partial charge in [-0.15, -0.1) is 0 Å². The summed E-state index contributed by atoms with van der Waals surface area (Å²) < 4.78 is 195. The standard InChI is InChI=1S/C54H115O24P7S6/c1-40(2)26-64-79(56,65-27-41(3)4)66-34-48(17)73-84(61,76-49(18)35-87-80(57,67-28-42(5)6)68-29-43(7)8)90-38-52(21)74-83(60,86-25-24-54(55)63-23)75-53(22)39-91-85(62,77-50(19)36-88-81(58,69-30-44(9)10)70-31-45(11)12)78-51(20)37-89-82(59,71-32-46(13)14)72-33-47(15)16/h40-53H,24-39H2,1-23H3. The molecule has 24 nitrogen and oxygen atoms in total. The maximum atomic E-state index is 15.1. The van der Waals surface area contributed by atoms with Crippen molar-refractivity contribution in [2.24, 2.45) is 47.3 Å². The Morgan fingerprint density at radius 1 is 0.275 bits per heavy atom. The molecule has 0 aromatic rings. The van der Waals surface area contributed by atoms with Gasteiger partial charge < -0.3 is 31.9 Å². The smallest absolute Gasteiger partial charge is 0.469 e. The monoisotopic (exact) mass is 1560 g/mol. The Balaban J connectivity index is 7.15. The molecule has 8 atom stereocenters. The number of hydrogen-bond donors (Lipinski definition) is 0. The Morgan fingerprint density at radius 3 is 0.703 bits per heavy atom. The highest BCUT2D eigenvalue weighted by Crippen LogP contribution is 2.70. The number of carbonyl (C=O) groups is 1. The molecule has 91 heavy (non-hydrogen) atoms. The first-order chi connectivity index (χ1) is 41.9. The van der Waals surface area contributed by atoms with Crippen LogP contribution in [-0.4, -0.2) is 144 Å². The largest absolute Gasteiger partial charge is 0.474 e. The van der Waals surface area contributed by atoms with Crippen LogP contribution in [0.3, 0.4) is 0 Å². The average molecular weight is 1560 g/mol. The number of hydrogen-bond acceptors (Lipinski definition) is 30. The fourth-order valence-corrected chi connectivity index (χ4v) is 30.7. The average Bonchev–Trinajstić information content (AvgIpc) is 1.70. The molecule has 0 N–H and O–H groups in total. The van der Waals surface area contributed by atoms with E-state index in [4.69, 9.17) is 72.6 Å². The predicted molar refractivity (Wildman–Crippen MR) is 380 cm³/mol. The van der Waals surface area contributed by atoms with E-state index in [9.17, 15) is 23.1 Å². The number of methoxy groups -OCH3 is 1. The summed E-state index contributed by atoms with van der Waals surface area (Å²) >= 11 is 4.89. The fraction of sp³-hybridized carbons (Fsp3) is 0.981. The highest BCUT2D eigenvalue weighted by atomic mass is 32.7. The summed E-state index contributed by atoms with van der Waals surface area (Å²) in [6.07, 6.45) is -5.94. The van der Waals surface area contributed by atoms with E-state index in [-0.39, 0.29) is 141 Å². The molecule has 0 aliphatic carbocycles. The molecule has 0 aliphatic rings. The van der Waals surface area contributed by atoms with Crippen molar-refractivity contribution >= 4 is 123 Å². The van der Waals surface area contributed by atoms with Gasteiger partial charge in [-0.1, -0.05) is 111 Å². The summed E-state index contributed by atoms with van der Waals surface area (Å²) in [5.74, 6) is -0.748. The summed E-state index contributed by atoms with van der Waals surface area (Å²) in [5.41, 5.74) is 0. The van der Waals surface area contributed by atoms with E-state index in [1.54, 1.807) is 34.6 Å². The SMILES string of the molecule is COC(=O)CCSP(=O)(OC(C)CSP(=O)(OC(C)COP(=O)(OCC(C)C)OCC(C)C)OC(C)CSP(=O)(OCC(C)C)OCC(C)C)OC(C)CSP(=O)(OC(C)CSP(=O)(OCC(C)C)OCC(C)C)OC(C)CSP(=O)(OCC(C)C)OCC(C)C. The minimum absolute atomic E-state index is 0.00691. The van der Waals surface area contributed by atoms with Gasteiger partial charge in [0.2, 0.25) is 0 Å². The van der Waals surface area contributed by atoms with Crippen molar-refractivity contribution in [2.45, 2.75) is 195 Å². The van der Waals surface area contributed by atoms with Gasteiger partial charge >= 0.3 is 54.6 Å². The number of phosphoric ester groups is 1. The number of rotatable bonds is 58. The minimum Gasteiger partial charge on any atom is -0.469 e. The molecule has 0 saturated carbocycles. The summed E-state index contributed by atoms with van der Waals surface area (Å²) in [6.45, 7) is 16.7. The van der Waals surface area contributed by atoms with Gasteiger partial charge in [-0.05, 0) is 157 Å². The van der Waals surface area contributed by atoms with E-state index < -0.39 is 97.8 Å². The second-order valence-electron chi connectivity index (χ2n) is 25.1. The van der Waals surface area contributed by atoms with E-state index in [1.807, 2.05) is 111 Å². The van der Waals surface area contributed by atoms with Crippen LogP contribution in [0.15, 0.2) is 0 Å². The normalized spacial score (nSPS) is 17.3. The second kappa shape index (κ2) is 47.7. The molecule has 37 heteroatoms. The topological polar surface area (TPSA) is 284 Å². The van der Waals surface area contributed by atoms with Crippen molar-refractivity contribution in [1.29, 1.82) is 0 Å². The van der Waals surface area contributed by atoms with Gasteiger partial charge in [0.05, 0.1) is 110 Å². The van der Waals surface area contributed by atoms with Crippen LogP contribution in [0.1, 0.15) is 159 Å². The number of phosphoric acid groups is 1. The highest BCUT2D eigenvalue weighted by molar-refractivity contribution is 8.57. The Kier molecular flexibility index (Phi) is 49.1. The van der Waals surface area contributed by atoms with E-state index in [2.05, 4.69) is 0 Å². The second-order valence-corrected chi connectivity index (χ2v) is 51.2. The summed E-state index contributed by atoms with van der Waals surface area (Å²) in [5, 5.41) is 0. The lowest BCUT2D eigenvalue weighted by Gasteiger charge is -2.29. The van der Waals surface area contributed by atoms with Gasteiger partial charge in [0.15, 0.2) is 0 Å². The lowest BCUT2D eigenvalue weighted by molar-refractivity contribution is -0.140. The number of esters is 1. The van der Waals surface area contributed by atoms with Crippen LogP contribution in [0.2, 0.25) is 0 Å². The third-order valence-electron chi connectivity index (χ3n) is 9.97. The number of ether oxygens (including phenoxy) is 1. The Labute approximate surface area is 572 Å². The maximum Gasteiger partial charge on any atom is 0.474 e. The van der Waals surface area contributed by atoms with Crippen molar-refractivity contribution in [3.63, 3.8) is 0 Å². The van der Waals surface area contributed by atoms with Crippen LogP contribution in [-0.2, 0) is 109 Å². The van der Waals surface area contributed by atoms with E-state index in [0.29, 0.717) is 22.8 Å². The molecule has 0 amide bonds. The predicted octanol–water partition coefficient (Wildman–Crippen LogP) is 20.5. The Morgan fingerprint density at radius 2 is 0.473 bits per heavy atom. The third kappa shape index (κ3) is 48.2. The molecule has 0 heterocycles. The van der Waals surface area contributed by atoms with Crippen LogP contribution >= 0.6 is 117 Å². The molecular weight excluding hydrogens is 1440 g/mol. The van der Waals surface area contributed by atoms with Gasteiger partial charge in [0.1, 0.15) is 0 Å². The maximum absolute atomic E-state index is 15.1. The zero-order valence-electron chi connectivity index (χ0n) is 58.3. The summed E-state index contributed by atoms with van der Waals surface area (Å²) in [7, 11) is -2.91. The number of carbonyl (C=O) groups excluding carboxylic acids is 1. The third-order valence-corrected chi connectivity index (χ3v) is 35.2. The Bertz CT molecular complexity index is 2030. The molecule has 0 aromatic heterocycles. The molecule has 0 radical (unpaired) electrons. The van der Waals surface area contributed by atoms with Crippen LogP contribution in [0.5, 0.6) is 0 Å². The van der Waals surface area contributed by atoms with Crippen molar-refractivity contribution in [2.75, 3.05) is 101 Å². The first-order valence-electron chi connectivity index (χ1n) is 30.9. The van der Waals surface area contributed by atoms with Gasteiger partial charge in [0, 0.05) is 34.5 Å². The lowest BCUT2D eigenvalue weighted by Crippen LogP contribution is -2.20. The quantitative estimate of drug-likeness (QED) is 0.0404. The molecule has 546 valence electrons. The summed E-state index contributed by atoms with van der Waals surface area (Å²) in [6, 6.07) is 0. The first-order valence-corrected chi connectivity index (χ1v) is 51.2. The molecule has 0 saturated heterocycles. The zero-order valence-corrected chi connectivity index (χ0v) is 69.4. The van der Waals surface area contributed by atoms with Crippen LogP contribution in [0.25, 0.3) is 0 Å². The van der Waals surface area contributed by atoms with Crippen molar-refractivity contribution in [1.82, 2.24) is 0 Å².